The Morgan fingerprint density at radius 2 is 1.43 bits per heavy atom. The minimum atomic E-state index is -0.473. The van der Waals surface area contributed by atoms with Crippen molar-refractivity contribution >= 4 is 5.97 Å². The van der Waals surface area contributed by atoms with Crippen LogP contribution in [0.5, 0.6) is 17.2 Å². The Morgan fingerprint density at radius 3 is 2.00 bits per heavy atom. The number of hydrogen-bond acceptors (Lipinski definition) is 3. The Hall–Kier alpha value is -2.29. The van der Waals surface area contributed by atoms with Crippen molar-refractivity contribution in [2.45, 2.75) is 27.2 Å². The topological polar surface area (TPSA) is 35.5 Å². The van der Waals surface area contributed by atoms with Crippen molar-refractivity contribution < 1.29 is 14.3 Å². The Labute approximate surface area is 125 Å². The summed E-state index contributed by atoms with van der Waals surface area (Å²) in [5.41, 5.74) is -0.473. The Morgan fingerprint density at radius 1 is 0.905 bits per heavy atom. The second kappa shape index (κ2) is 6.44. The molecule has 0 heterocycles. The molecular weight excluding hydrogens is 264 g/mol. The molecule has 0 aliphatic carbocycles. The molecule has 0 N–H and O–H groups in total. The highest BCUT2D eigenvalue weighted by Crippen LogP contribution is 2.26. The largest absolute Gasteiger partial charge is 0.457 e. The molecular formula is C18H20O3. The number of para-hydroxylation sites is 1. The van der Waals surface area contributed by atoms with Gasteiger partial charge < -0.3 is 9.47 Å². The molecule has 0 saturated heterocycles. The van der Waals surface area contributed by atoms with Crippen LogP contribution in [0.3, 0.4) is 0 Å². The van der Waals surface area contributed by atoms with Crippen molar-refractivity contribution in [3.8, 4) is 17.2 Å². The molecule has 110 valence electrons. The molecule has 2 aromatic carbocycles. The van der Waals surface area contributed by atoms with Crippen molar-refractivity contribution in [1.29, 1.82) is 0 Å². The second-order valence-electron chi connectivity index (χ2n) is 5.51. The average molecular weight is 284 g/mol. The van der Waals surface area contributed by atoms with Crippen molar-refractivity contribution in [2.24, 2.45) is 5.41 Å². The van der Waals surface area contributed by atoms with E-state index < -0.39 is 5.41 Å². The highest BCUT2D eigenvalue weighted by Gasteiger charge is 2.27. The van der Waals surface area contributed by atoms with E-state index in [1.807, 2.05) is 51.1 Å². The van der Waals surface area contributed by atoms with Crippen molar-refractivity contribution in [3.63, 3.8) is 0 Å². The fourth-order valence-electron chi connectivity index (χ4n) is 1.59. The molecule has 0 aromatic heterocycles. The van der Waals surface area contributed by atoms with Gasteiger partial charge in [-0.25, -0.2) is 0 Å². The molecule has 0 unspecified atom stereocenters. The quantitative estimate of drug-likeness (QED) is 0.583. The maximum atomic E-state index is 12.0. The number of carbonyl (C=O) groups is 1. The van der Waals surface area contributed by atoms with E-state index in [1.54, 1.807) is 24.3 Å². The van der Waals surface area contributed by atoms with E-state index in [2.05, 4.69) is 0 Å². The summed E-state index contributed by atoms with van der Waals surface area (Å²) in [6, 6.07) is 16.6. The van der Waals surface area contributed by atoms with Gasteiger partial charge in [0.2, 0.25) is 0 Å². The van der Waals surface area contributed by atoms with E-state index >= 15 is 0 Å². The molecule has 0 aliphatic rings. The van der Waals surface area contributed by atoms with Gasteiger partial charge in [-0.05, 0) is 56.7 Å². The van der Waals surface area contributed by atoms with Gasteiger partial charge in [-0.3, -0.25) is 4.79 Å². The molecule has 0 fully saturated rings. The van der Waals surface area contributed by atoms with Crippen LogP contribution in [-0.2, 0) is 4.79 Å². The van der Waals surface area contributed by atoms with Gasteiger partial charge in [-0.1, -0.05) is 25.1 Å². The highest BCUT2D eigenvalue weighted by molar-refractivity contribution is 5.78. The second-order valence-corrected chi connectivity index (χ2v) is 5.51. The van der Waals surface area contributed by atoms with Crippen LogP contribution in [0.25, 0.3) is 0 Å². The molecule has 0 aliphatic heterocycles. The van der Waals surface area contributed by atoms with Crippen molar-refractivity contribution in [3.05, 3.63) is 54.6 Å². The minimum Gasteiger partial charge on any atom is -0.457 e. The van der Waals surface area contributed by atoms with Gasteiger partial charge in [0.25, 0.3) is 0 Å². The van der Waals surface area contributed by atoms with Crippen LogP contribution in [0.15, 0.2) is 54.6 Å². The molecule has 2 aromatic rings. The maximum Gasteiger partial charge on any atom is 0.316 e. The lowest BCUT2D eigenvalue weighted by Crippen LogP contribution is -2.28. The standard InChI is InChI=1S/C18H20O3/c1-4-18(2,3)17(19)21-16-12-10-15(11-13-16)20-14-8-6-5-7-9-14/h5-13H,4H2,1-3H3. The zero-order valence-electron chi connectivity index (χ0n) is 12.6. The summed E-state index contributed by atoms with van der Waals surface area (Å²) >= 11 is 0. The zero-order chi connectivity index (χ0) is 15.3. The molecule has 0 bridgehead atoms. The Bertz CT molecular complexity index is 586. The van der Waals surface area contributed by atoms with E-state index in [0.717, 1.165) is 12.2 Å². The fourth-order valence-corrected chi connectivity index (χ4v) is 1.59. The first-order chi connectivity index (χ1) is 10.0. The average Bonchev–Trinajstić information content (AvgIpc) is 2.50. The van der Waals surface area contributed by atoms with Crippen LogP contribution >= 0.6 is 0 Å². The monoisotopic (exact) mass is 284 g/mol. The third-order valence-electron chi connectivity index (χ3n) is 3.45. The number of hydrogen-bond donors (Lipinski definition) is 0. The molecule has 2 rings (SSSR count). The van der Waals surface area contributed by atoms with Crippen LogP contribution in [0.1, 0.15) is 27.2 Å². The number of esters is 1. The van der Waals surface area contributed by atoms with Gasteiger partial charge in [0.05, 0.1) is 5.41 Å². The SMILES string of the molecule is CCC(C)(C)C(=O)Oc1ccc(Oc2ccccc2)cc1. The third kappa shape index (κ3) is 4.09. The molecule has 0 atom stereocenters. The molecule has 0 radical (unpaired) electrons. The van der Waals surface area contributed by atoms with E-state index in [-0.39, 0.29) is 5.97 Å². The first-order valence-corrected chi connectivity index (χ1v) is 7.06. The summed E-state index contributed by atoms with van der Waals surface area (Å²) in [6.07, 6.45) is 0.737. The lowest BCUT2D eigenvalue weighted by molar-refractivity contribution is -0.144. The molecule has 21 heavy (non-hydrogen) atoms. The summed E-state index contributed by atoms with van der Waals surface area (Å²) in [7, 11) is 0. The van der Waals surface area contributed by atoms with Crippen LogP contribution in [0, 0.1) is 5.41 Å². The molecule has 3 heteroatoms. The van der Waals surface area contributed by atoms with Gasteiger partial charge in [-0.15, -0.1) is 0 Å². The van der Waals surface area contributed by atoms with Gasteiger partial charge in [-0.2, -0.15) is 0 Å². The summed E-state index contributed by atoms with van der Waals surface area (Å²) < 4.78 is 11.1. The third-order valence-corrected chi connectivity index (χ3v) is 3.45. The Kier molecular flexibility index (Phi) is 4.63. The van der Waals surface area contributed by atoms with Crippen LogP contribution in [-0.4, -0.2) is 5.97 Å². The molecule has 0 saturated carbocycles. The maximum absolute atomic E-state index is 12.0. The number of benzene rings is 2. The minimum absolute atomic E-state index is 0.221. The van der Waals surface area contributed by atoms with E-state index in [4.69, 9.17) is 9.47 Å². The number of ether oxygens (including phenoxy) is 2. The Balaban J connectivity index is 2.01. The van der Waals surface area contributed by atoms with Crippen molar-refractivity contribution in [1.82, 2.24) is 0 Å². The van der Waals surface area contributed by atoms with Gasteiger partial charge in [0, 0.05) is 0 Å². The van der Waals surface area contributed by atoms with Crippen LogP contribution in [0.2, 0.25) is 0 Å². The summed E-state index contributed by atoms with van der Waals surface area (Å²) in [4.78, 5) is 12.0. The van der Waals surface area contributed by atoms with Crippen LogP contribution < -0.4 is 9.47 Å². The van der Waals surface area contributed by atoms with Crippen molar-refractivity contribution in [2.75, 3.05) is 0 Å². The molecule has 0 amide bonds. The summed E-state index contributed by atoms with van der Waals surface area (Å²) in [6.45, 7) is 5.72. The predicted octanol–water partition coefficient (Wildman–Crippen LogP) is 4.82. The molecule has 0 spiro atoms. The summed E-state index contributed by atoms with van der Waals surface area (Å²) in [5.74, 6) is 1.79. The smallest absolute Gasteiger partial charge is 0.316 e. The van der Waals surface area contributed by atoms with E-state index in [1.165, 1.54) is 0 Å². The highest BCUT2D eigenvalue weighted by atomic mass is 16.5. The van der Waals surface area contributed by atoms with Gasteiger partial charge >= 0.3 is 5.97 Å². The predicted molar refractivity (Wildman–Crippen MR) is 82.7 cm³/mol. The number of carbonyl (C=O) groups excluding carboxylic acids is 1. The first-order valence-electron chi connectivity index (χ1n) is 7.06. The zero-order valence-corrected chi connectivity index (χ0v) is 12.6. The number of rotatable bonds is 5. The van der Waals surface area contributed by atoms with E-state index in [0.29, 0.717) is 11.5 Å². The van der Waals surface area contributed by atoms with E-state index in [9.17, 15) is 4.79 Å². The fraction of sp³-hybridized carbons (Fsp3) is 0.278. The normalized spacial score (nSPS) is 11.0. The lowest BCUT2D eigenvalue weighted by atomic mass is 9.91. The summed E-state index contributed by atoms with van der Waals surface area (Å²) in [5, 5.41) is 0. The first kappa shape index (κ1) is 15.1. The van der Waals surface area contributed by atoms with Gasteiger partial charge in [0.15, 0.2) is 0 Å². The molecule has 3 nitrogen and oxygen atoms in total. The van der Waals surface area contributed by atoms with Gasteiger partial charge in [0.1, 0.15) is 17.2 Å². The lowest BCUT2D eigenvalue weighted by Gasteiger charge is -2.20. The van der Waals surface area contributed by atoms with Crippen LogP contribution in [0.4, 0.5) is 0 Å².